The molecule has 0 aromatic rings. The van der Waals surface area contributed by atoms with Crippen LogP contribution in [0, 0.1) is 62.6 Å². The van der Waals surface area contributed by atoms with Gasteiger partial charge in [0, 0.05) is 0 Å². The summed E-state index contributed by atoms with van der Waals surface area (Å²) in [6.45, 7) is 22.8. The molecule has 0 aromatic carbocycles. The summed E-state index contributed by atoms with van der Waals surface area (Å²) >= 11 is 0. The van der Waals surface area contributed by atoms with Gasteiger partial charge in [0.1, 0.15) is 0 Å². The molecule has 0 spiro atoms. The van der Waals surface area contributed by atoms with E-state index in [0.29, 0.717) is 33.0 Å². The number of hydrogen-bond donors (Lipinski definition) is 1. The van der Waals surface area contributed by atoms with Gasteiger partial charge in [-0.15, -0.1) is 0 Å². The summed E-state index contributed by atoms with van der Waals surface area (Å²) in [4.78, 5) is 0. The molecule has 0 amide bonds. The Morgan fingerprint density at radius 3 is 1.81 bits per heavy atom. The summed E-state index contributed by atoms with van der Waals surface area (Å²) < 4.78 is 0. The van der Waals surface area contributed by atoms with E-state index in [1.807, 2.05) is 0 Å². The first-order valence-electron chi connectivity index (χ1n) is 14.3. The van der Waals surface area contributed by atoms with E-state index in [2.05, 4.69) is 62.3 Å². The van der Waals surface area contributed by atoms with Crippen molar-refractivity contribution < 1.29 is 5.11 Å². The predicted octanol–water partition coefficient (Wildman–Crippen LogP) is 8.49. The van der Waals surface area contributed by atoms with Gasteiger partial charge in [-0.2, -0.15) is 0 Å². The normalized spacial score (nSPS) is 57.2. The third-order valence-corrected chi connectivity index (χ3v) is 13.7. The number of aliphatic hydroxyl groups is 1. The molecule has 5 saturated carbocycles. The van der Waals surface area contributed by atoms with E-state index < -0.39 is 5.60 Å². The average Bonchev–Trinajstić information content (AvgIpc) is 2.98. The lowest BCUT2D eigenvalue weighted by Gasteiger charge is -2.73. The van der Waals surface area contributed by atoms with Crippen LogP contribution >= 0.6 is 0 Å². The van der Waals surface area contributed by atoms with Crippen molar-refractivity contribution in [2.24, 2.45) is 62.6 Å². The lowest BCUT2D eigenvalue weighted by molar-refractivity contribution is -0.247. The highest BCUT2D eigenvalue weighted by atomic mass is 16.3. The van der Waals surface area contributed by atoms with E-state index in [0.717, 1.165) is 29.6 Å². The summed E-state index contributed by atoms with van der Waals surface area (Å²) in [7, 11) is 0. The second-order valence-corrected chi connectivity index (χ2v) is 16.1. The fourth-order valence-corrected chi connectivity index (χ4v) is 12.8. The molecule has 10 atom stereocenters. The summed E-state index contributed by atoms with van der Waals surface area (Å²) in [5.74, 6) is 4.73. The maximum Gasteiger partial charge on any atom is 0.0622 e. The quantitative estimate of drug-likeness (QED) is 0.431. The van der Waals surface area contributed by atoms with Gasteiger partial charge in [-0.3, -0.25) is 0 Å². The molecule has 32 heavy (non-hydrogen) atoms. The molecule has 5 aliphatic carbocycles. The van der Waals surface area contributed by atoms with Crippen LogP contribution < -0.4 is 0 Å². The molecule has 5 aliphatic rings. The number of rotatable bonds is 1. The minimum Gasteiger partial charge on any atom is -0.390 e. The molecular formula is C31H54O. The minimum atomic E-state index is -0.521. The van der Waals surface area contributed by atoms with Crippen LogP contribution in [0.25, 0.3) is 0 Å². The molecule has 0 heterocycles. The third kappa shape index (κ3) is 2.85. The van der Waals surface area contributed by atoms with Crippen molar-refractivity contribution in [3.63, 3.8) is 0 Å². The van der Waals surface area contributed by atoms with E-state index in [4.69, 9.17) is 0 Å². The smallest absolute Gasteiger partial charge is 0.0622 e. The van der Waals surface area contributed by atoms with Crippen LogP contribution in [0.2, 0.25) is 0 Å². The van der Waals surface area contributed by atoms with Crippen molar-refractivity contribution >= 4 is 0 Å². The second kappa shape index (κ2) is 6.79. The molecule has 0 saturated heterocycles. The topological polar surface area (TPSA) is 20.2 Å². The minimum absolute atomic E-state index is 0.433. The molecule has 1 heteroatoms. The van der Waals surface area contributed by atoms with Gasteiger partial charge in [-0.25, -0.2) is 0 Å². The van der Waals surface area contributed by atoms with Crippen LogP contribution in [0.4, 0.5) is 0 Å². The molecule has 1 nitrogen and oxygen atoms in total. The van der Waals surface area contributed by atoms with Crippen molar-refractivity contribution in [1.82, 2.24) is 0 Å². The molecule has 1 N–H and O–H groups in total. The maximum atomic E-state index is 11.0. The van der Waals surface area contributed by atoms with Crippen LogP contribution in [0.5, 0.6) is 0 Å². The van der Waals surface area contributed by atoms with Gasteiger partial charge in [-0.05, 0) is 141 Å². The van der Waals surface area contributed by atoms with Gasteiger partial charge >= 0.3 is 0 Å². The highest BCUT2D eigenvalue weighted by molar-refractivity contribution is 5.19. The Labute approximate surface area is 199 Å². The lowest BCUT2D eigenvalue weighted by Crippen LogP contribution is -2.66. The highest BCUT2D eigenvalue weighted by Gasteiger charge is 2.70. The standard InChI is InChI=1S/C31H54O/c1-20-18-26(2,3)23-14-17-31(9)25(29(23,7)19-20)11-10-24-28(6)15-12-21(27(4,5)32)22(28)13-16-30(24,31)8/h20-25,32H,10-19H2,1-9H3. The molecule has 0 bridgehead atoms. The van der Waals surface area contributed by atoms with Crippen LogP contribution in [0.15, 0.2) is 0 Å². The van der Waals surface area contributed by atoms with Gasteiger partial charge in [-0.1, -0.05) is 48.5 Å². The van der Waals surface area contributed by atoms with Gasteiger partial charge in [0.05, 0.1) is 5.60 Å². The molecule has 10 unspecified atom stereocenters. The largest absolute Gasteiger partial charge is 0.390 e. The zero-order valence-electron chi connectivity index (χ0n) is 23.0. The Morgan fingerprint density at radius 2 is 1.22 bits per heavy atom. The van der Waals surface area contributed by atoms with Crippen molar-refractivity contribution in [2.75, 3.05) is 0 Å². The highest BCUT2D eigenvalue weighted by Crippen LogP contribution is 2.78. The lowest BCUT2D eigenvalue weighted by atomic mass is 9.31. The monoisotopic (exact) mass is 442 g/mol. The Balaban J connectivity index is 1.52. The van der Waals surface area contributed by atoms with E-state index >= 15 is 0 Å². The third-order valence-electron chi connectivity index (χ3n) is 13.7. The summed E-state index contributed by atoms with van der Waals surface area (Å²) in [5, 5.41) is 11.0. The van der Waals surface area contributed by atoms with Crippen molar-refractivity contribution in [3.8, 4) is 0 Å². The fourth-order valence-electron chi connectivity index (χ4n) is 12.8. The summed E-state index contributed by atoms with van der Waals surface area (Å²) in [6, 6.07) is 0. The zero-order chi connectivity index (χ0) is 23.5. The number of fused-ring (bicyclic) bond motifs is 7. The molecule has 0 radical (unpaired) electrons. The van der Waals surface area contributed by atoms with Gasteiger partial charge in [0.2, 0.25) is 0 Å². The van der Waals surface area contributed by atoms with Crippen LogP contribution in [0.3, 0.4) is 0 Å². The van der Waals surface area contributed by atoms with Crippen molar-refractivity contribution in [3.05, 3.63) is 0 Å². The second-order valence-electron chi connectivity index (χ2n) is 16.1. The molecule has 184 valence electrons. The SMILES string of the molecule is CC1CC(C)(C)C2CCC3(C)C(CCC4C5(C)CCC(C(C)(C)O)C5CCC43C)C2(C)C1. The predicted molar refractivity (Wildman–Crippen MR) is 135 cm³/mol. The Morgan fingerprint density at radius 1 is 0.656 bits per heavy atom. The van der Waals surface area contributed by atoms with E-state index in [9.17, 15) is 5.11 Å². The van der Waals surface area contributed by atoms with E-state index in [-0.39, 0.29) is 0 Å². The van der Waals surface area contributed by atoms with Crippen LogP contribution in [-0.4, -0.2) is 10.7 Å². The molecular weight excluding hydrogens is 388 g/mol. The van der Waals surface area contributed by atoms with Crippen molar-refractivity contribution in [2.45, 2.75) is 132 Å². The van der Waals surface area contributed by atoms with Gasteiger partial charge in [0.15, 0.2) is 0 Å². The Hall–Kier alpha value is -0.0400. The Bertz CT molecular complexity index is 761. The fraction of sp³-hybridized carbons (Fsp3) is 1.00. The maximum absolute atomic E-state index is 11.0. The molecule has 5 fully saturated rings. The van der Waals surface area contributed by atoms with Crippen LogP contribution in [0.1, 0.15) is 127 Å². The average molecular weight is 443 g/mol. The molecule has 0 aromatic heterocycles. The zero-order valence-corrected chi connectivity index (χ0v) is 23.0. The van der Waals surface area contributed by atoms with E-state index in [1.165, 1.54) is 64.2 Å². The summed E-state index contributed by atoms with van der Waals surface area (Å²) in [6.07, 6.45) is 14.0. The first-order valence-corrected chi connectivity index (χ1v) is 14.3. The first kappa shape index (κ1) is 23.7. The summed E-state index contributed by atoms with van der Waals surface area (Å²) in [5.41, 5.74) is 1.88. The molecule has 5 rings (SSSR count). The number of hydrogen-bond acceptors (Lipinski definition) is 1. The van der Waals surface area contributed by atoms with Gasteiger partial charge in [0.25, 0.3) is 0 Å². The Kier molecular flexibility index (Phi) is 5.03. The van der Waals surface area contributed by atoms with Crippen molar-refractivity contribution in [1.29, 1.82) is 0 Å². The molecule has 0 aliphatic heterocycles. The first-order chi connectivity index (χ1) is 14.6. The van der Waals surface area contributed by atoms with E-state index in [1.54, 1.807) is 0 Å². The van der Waals surface area contributed by atoms with Gasteiger partial charge < -0.3 is 5.11 Å². The van der Waals surface area contributed by atoms with Crippen LogP contribution in [-0.2, 0) is 0 Å².